The summed E-state index contributed by atoms with van der Waals surface area (Å²) in [4.78, 5) is 11.1. The van der Waals surface area contributed by atoms with Gasteiger partial charge in [0.2, 0.25) is 15.9 Å². The van der Waals surface area contributed by atoms with Crippen LogP contribution < -0.4 is 5.73 Å². The van der Waals surface area contributed by atoms with Crippen molar-refractivity contribution in [3.05, 3.63) is 48.0 Å². The van der Waals surface area contributed by atoms with Gasteiger partial charge in [-0.3, -0.25) is 4.79 Å². The quantitative estimate of drug-likeness (QED) is 0.776. The normalized spacial score (nSPS) is 12.4. The first-order valence-corrected chi connectivity index (χ1v) is 8.63. The van der Waals surface area contributed by atoms with Crippen molar-refractivity contribution in [1.29, 1.82) is 0 Å². The molecule has 0 bridgehead atoms. The molecule has 5 nitrogen and oxygen atoms in total. The monoisotopic (exact) mass is 324 g/mol. The molecule has 22 heavy (non-hydrogen) atoms. The van der Waals surface area contributed by atoms with Gasteiger partial charge in [0.15, 0.2) is 0 Å². The van der Waals surface area contributed by atoms with E-state index in [-0.39, 0.29) is 24.3 Å². The fourth-order valence-electron chi connectivity index (χ4n) is 2.02. The molecular weight excluding hydrogens is 300 g/mol. The van der Waals surface area contributed by atoms with E-state index in [0.717, 1.165) is 9.87 Å². The van der Waals surface area contributed by atoms with Crippen molar-refractivity contribution in [2.45, 2.75) is 31.9 Å². The number of carbonyl (C=O) groups excluding carboxylic acids is 1. The Morgan fingerprint density at radius 2 is 2.00 bits per heavy atom. The maximum Gasteiger partial charge on any atom is 0.232 e. The third kappa shape index (κ3) is 5.27. The second-order valence-corrected chi connectivity index (χ2v) is 8.22. The van der Waals surface area contributed by atoms with Gasteiger partial charge in [-0.05, 0) is 16.5 Å². The van der Waals surface area contributed by atoms with Gasteiger partial charge in [-0.1, -0.05) is 51.1 Å². The van der Waals surface area contributed by atoms with E-state index in [9.17, 15) is 13.2 Å². The number of hydrogen-bond acceptors (Lipinski definition) is 3. The van der Waals surface area contributed by atoms with Crippen LogP contribution in [0, 0.1) is 0 Å². The first-order chi connectivity index (χ1) is 10.1. The summed E-state index contributed by atoms with van der Waals surface area (Å²) in [6, 6.07) is 7.47. The highest BCUT2D eigenvalue weighted by molar-refractivity contribution is 7.88. The van der Waals surface area contributed by atoms with Crippen LogP contribution in [0.25, 0.3) is 0 Å². The van der Waals surface area contributed by atoms with Crippen molar-refractivity contribution in [3.8, 4) is 0 Å². The molecule has 1 aromatic carbocycles. The first-order valence-electron chi connectivity index (χ1n) is 7.02. The van der Waals surface area contributed by atoms with Gasteiger partial charge in [-0.15, -0.1) is 6.58 Å². The van der Waals surface area contributed by atoms with Crippen molar-refractivity contribution in [1.82, 2.24) is 4.31 Å². The Morgan fingerprint density at radius 3 is 2.50 bits per heavy atom. The zero-order valence-corrected chi connectivity index (χ0v) is 14.2. The number of hydrogen-bond donors (Lipinski definition) is 1. The third-order valence-corrected chi connectivity index (χ3v) is 4.96. The lowest BCUT2D eigenvalue weighted by Crippen LogP contribution is -2.39. The minimum absolute atomic E-state index is 0.0598. The van der Waals surface area contributed by atoms with Crippen LogP contribution in [-0.2, 0) is 26.0 Å². The minimum Gasteiger partial charge on any atom is -0.369 e. The maximum absolute atomic E-state index is 12.5. The molecule has 0 aromatic heterocycles. The summed E-state index contributed by atoms with van der Waals surface area (Å²) in [5, 5.41) is 0. The fraction of sp³-hybridized carbons (Fsp3) is 0.438. The van der Waals surface area contributed by atoms with Crippen molar-refractivity contribution >= 4 is 15.9 Å². The Hall–Kier alpha value is -1.66. The van der Waals surface area contributed by atoms with Crippen LogP contribution in [0.2, 0.25) is 0 Å². The second kappa shape index (κ2) is 7.07. The van der Waals surface area contributed by atoms with Crippen LogP contribution in [0.15, 0.2) is 36.9 Å². The lowest BCUT2D eigenvalue weighted by atomic mass is 9.86. The van der Waals surface area contributed by atoms with Crippen LogP contribution in [0.1, 0.15) is 31.9 Å². The molecule has 0 unspecified atom stereocenters. The molecule has 1 amide bonds. The zero-order valence-electron chi connectivity index (χ0n) is 13.4. The molecule has 0 aliphatic heterocycles. The summed E-state index contributed by atoms with van der Waals surface area (Å²) in [5.74, 6) is -0.855. The molecule has 6 heteroatoms. The van der Waals surface area contributed by atoms with Gasteiger partial charge in [0.05, 0.1) is 12.3 Å². The lowest BCUT2D eigenvalue weighted by molar-refractivity contribution is -0.118. The van der Waals surface area contributed by atoms with Crippen molar-refractivity contribution < 1.29 is 13.2 Å². The molecular formula is C16H24N2O3S. The zero-order chi connectivity index (χ0) is 17.0. The average Bonchev–Trinajstić information content (AvgIpc) is 2.36. The van der Waals surface area contributed by atoms with E-state index in [1.807, 2.05) is 18.2 Å². The predicted molar refractivity (Wildman–Crippen MR) is 88.7 cm³/mol. The summed E-state index contributed by atoms with van der Waals surface area (Å²) in [5.41, 5.74) is 6.80. The lowest BCUT2D eigenvalue weighted by Gasteiger charge is -2.21. The Morgan fingerprint density at radius 1 is 1.36 bits per heavy atom. The highest BCUT2D eigenvalue weighted by atomic mass is 32.2. The highest BCUT2D eigenvalue weighted by Crippen LogP contribution is 2.23. The third-order valence-electron chi connectivity index (χ3n) is 3.20. The Labute approximate surface area is 132 Å². The van der Waals surface area contributed by atoms with Gasteiger partial charge in [-0.2, -0.15) is 4.31 Å². The molecule has 0 atom stereocenters. The predicted octanol–water partition coefficient (Wildman–Crippen LogP) is 1.79. The van der Waals surface area contributed by atoms with Gasteiger partial charge >= 0.3 is 0 Å². The first kappa shape index (κ1) is 18.4. The topological polar surface area (TPSA) is 80.5 Å². The summed E-state index contributed by atoms with van der Waals surface area (Å²) in [6.45, 7) is 9.44. The van der Waals surface area contributed by atoms with E-state index < -0.39 is 15.9 Å². The smallest absolute Gasteiger partial charge is 0.232 e. The van der Waals surface area contributed by atoms with Crippen LogP contribution in [0.5, 0.6) is 0 Å². The largest absolute Gasteiger partial charge is 0.369 e. The Kier molecular flexibility index (Phi) is 5.91. The molecule has 0 aliphatic rings. The van der Waals surface area contributed by atoms with Gasteiger partial charge in [0, 0.05) is 6.54 Å². The standard InChI is InChI=1S/C16H24N2O3S/c1-5-9-18(11-15(17)19)22(20,21)12-13-7-6-8-14(10-13)16(2,3)4/h5-8,10H,1,9,11-12H2,2-4H3,(H2,17,19). The molecule has 0 radical (unpaired) electrons. The summed E-state index contributed by atoms with van der Waals surface area (Å²) < 4.78 is 26.0. The number of nitrogens with zero attached hydrogens (tertiary/aromatic N) is 1. The van der Waals surface area contributed by atoms with Crippen LogP contribution in [0.4, 0.5) is 0 Å². The van der Waals surface area contributed by atoms with Gasteiger partial charge in [0.1, 0.15) is 0 Å². The number of sulfonamides is 1. The number of carbonyl (C=O) groups is 1. The highest BCUT2D eigenvalue weighted by Gasteiger charge is 2.24. The van der Waals surface area contributed by atoms with E-state index >= 15 is 0 Å². The van der Waals surface area contributed by atoms with E-state index in [1.54, 1.807) is 6.07 Å². The summed E-state index contributed by atoms with van der Waals surface area (Å²) in [7, 11) is -3.63. The number of benzene rings is 1. The molecule has 1 rings (SSSR count). The molecule has 0 spiro atoms. The molecule has 1 aromatic rings. The van der Waals surface area contributed by atoms with Gasteiger partial charge < -0.3 is 5.73 Å². The van der Waals surface area contributed by atoms with Gasteiger partial charge in [-0.25, -0.2) is 8.42 Å². The number of nitrogens with two attached hydrogens (primary N) is 1. The summed E-state index contributed by atoms with van der Waals surface area (Å²) in [6.07, 6.45) is 1.44. The van der Waals surface area contributed by atoms with E-state index in [4.69, 9.17) is 5.73 Å². The SMILES string of the molecule is C=CCN(CC(N)=O)S(=O)(=O)Cc1cccc(C(C)(C)C)c1. The molecule has 0 fully saturated rings. The van der Waals surface area contributed by atoms with E-state index in [2.05, 4.69) is 27.4 Å². The molecule has 0 aliphatic carbocycles. The minimum atomic E-state index is -3.63. The number of primary amides is 1. The van der Waals surface area contributed by atoms with Crippen LogP contribution in [0.3, 0.4) is 0 Å². The Bertz CT molecular complexity index is 646. The molecule has 0 heterocycles. The maximum atomic E-state index is 12.5. The van der Waals surface area contributed by atoms with Crippen molar-refractivity contribution in [2.75, 3.05) is 13.1 Å². The number of rotatable bonds is 7. The van der Waals surface area contributed by atoms with Gasteiger partial charge in [0.25, 0.3) is 0 Å². The molecule has 122 valence electrons. The molecule has 0 saturated carbocycles. The van der Waals surface area contributed by atoms with E-state index in [1.165, 1.54) is 6.08 Å². The fourth-order valence-corrected chi connectivity index (χ4v) is 3.46. The van der Waals surface area contributed by atoms with Crippen LogP contribution in [-0.4, -0.2) is 31.7 Å². The second-order valence-electron chi connectivity index (χ2n) is 6.25. The van der Waals surface area contributed by atoms with E-state index in [0.29, 0.717) is 5.56 Å². The summed E-state index contributed by atoms with van der Waals surface area (Å²) >= 11 is 0. The molecule has 0 saturated heterocycles. The Balaban J connectivity index is 3.05. The molecule has 2 N–H and O–H groups in total. The average molecular weight is 324 g/mol. The van der Waals surface area contributed by atoms with Crippen molar-refractivity contribution in [2.24, 2.45) is 5.73 Å². The van der Waals surface area contributed by atoms with Crippen LogP contribution >= 0.6 is 0 Å². The van der Waals surface area contributed by atoms with Crippen molar-refractivity contribution in [3.63, 3.8) is 0 Å². The number of amides is 1.